The molecule has 0 saturated carbocycles. The summed E-state index contributed by atoms with van der Waals surface area (Å²) in [5.41, 5.74) is 2.76. The molecular weight excluding hydrogens is 390 g/mol. The van der Waals surface area contributed by atoms with Gasteiger partial charge in [-0.05, 0) is 41.8 Å². The third kappa shape index (κ3) is 5.98. The molecule has 0 bridgehead atoms. The van der Waals surface area contributed by atoms with E-state index in [0.717, 1.165) is 16.5 Å². The third-order valence-electron chi connectivity index (χ3n) is 3.70. The Labute approximate surface area is 161 Å². The highest BCUT2D eigenvalue weighted by atomic mass is 32.3. The van der Waals surface area contributed by atoms with E-state index in [4.69, 9.17) is 27.0 Å². The van der Waals surface area contributed by atoms with Crippen LogP contribution in [0.3, 0.4) is 0 Å². The van der Waals surface area contributed by atoms with E-state index in [9.17, 15) is 10.2 Å². The molecular formula is C18H19NO8S. The number of nitrogens with zero attached hydrogens (tertiary/aromatic N) is 1. The second-order valence-corrected chi connectivity index (χ2v) is 6.57. The van der Waals surface area contributed by atoms with Crippen LogP contribution in [0.5, 0.6) is 23.1 Å². The fourth-order valence-electron chi connectivity index (χ4n) is 2.51. The maximum absolute atomic E-state index is 9.81. The summed E-state index contributed by atoms with van der Waals surface area (Å²) >= 11 is 0. The summed E-state index contributed by atoms with van der Waals surface area (Å²) in [5, 5.41) is 20.4. The van der Waals surface area contributed by atoms with Crippen molar-refractivity contribution in [2.75, 3.05) is 14.2 Å². The normalized spacial score (nSPS) is 10.9. The smallest absolute Gasteiger partial charge is 0.394 e. The van der Waals surface area contributed by atoms with E-state index >= 15 is 0 Å². The van der Waals surface area contributed by atoms with Gasteiger partial charge in [0.25, 0.3) is 5.88 Å². The van der Waals surface area contributed by atoms with Gasteiger partial charge in [0.05, 0.1) is 19.7 Å². The van der Waals surface area contributed by atoms with Crippen LogP contribution in [0.15, 0.2) is 42.5 Å². The van der Waals surface area contributed by atoms with Gasteiger partial charge in [0, 0.05) is 5.39 Å². The molecule has 0 aliphatic carbocycles. The van der Waals surface area contributed by atoms with E-state index in [2.05, 4.69) is 4.98 Å². The highest BCUT2D eigenvalue weighted by Crippen LogP contribution is 2.30. The largest absolute Gasteiger partial charge is 0.504 e. The number of ether oxygens (including phenoxy) is 2. The molecule has 1 heterocycles. The predicted molar refractivity (Wildman–Crippen MR) is 102 cm³/mol. The average Bonchev–Trinajstić information content (AvgIpc) is 2.61. The van der Waals surface area contributed by atoms with Gasteiger partial charge in [-0.15, -0.1) is 0 Å². The zero-order valence-corrected chi connectivity index (χ0v) is 15.8. The number of fused-ring (bicyclic) bond motifs is 1. The Hall–Kier alpha value is -3.08. The van der Waals surface area contributed by atoms with Crippen LogP contribution in [-0.4, -0.2) is 46.9 Å². The Morgan fingerprint density at radius 3 is 2.07 bits per heavy atom. The predicted octanol–water partition coefficient (Wildman–Crippen LogP) is 2.60. The lowest BCUT2D eigenvalue weighted by Gasteiger charge is -2.09. The van der Waals surface area contributed by atoms with Gasteiger partial charge in [0.15, 0.2) is 17.2 Å². The summed E-state index contributed by atoms with van der Waals surface area (Å²) in [6.07, 6.45) is 0.668. The first-order chi connectivity index (χ1) is 13.1. The van der Waals surface area contributed by atoms with Crippen molar-refractivity contribution >= 4 is 21.3 Å². The Morgan fingerprint density at radius 2 is 1.46 bits per heavy atom. The maximum atomic E-state index is 9.81. The molecule has 28 heavy (non-hydrogen) atoms. The van der Waals surface area contributed by atoms with Crippen LogP contribution in [0.25, 0.3) is 10.9 Å². The monoisotopic (exact) mass is 409 g/mol. The molecule has 10 heteroatoms. The second-order valence-electron chi connectivity index (χ2n) is 5.67. The van der Waals surface area contributed by atoms with Gasteiger partial charge in [-0.3, -0.25) is 9.11 Å². The Balaban J connectivity index is 0.000000500. The van der Waals surface area contributed by atoms with Gasteiger partial charge in [-0.2, -0.15) is 8.42 Å². The zero-order valence-electron chi connectivity index (χ0n) is 15.0. The van der Waals surface area contributed by atoms with Gasteiger partial charge in [-0.25, -0.2) is 4.98 Å². The average molecular weight is 409 g/mol. The van der Waals surface area contributed by atoms with Crippen LogP contribution in [0.2, 0.25) is 0 Å². The SMILES string of the molecule is COc1cc(Cc2ccc3cc(OC)c(O)nc3c2)ccc1O.O=S(=O)(O)O. The van der Waals surface area contributed by atoms with E-state index in [-0.39, 0.29) is 11.6 Å². The Morgan fingerprint density at radius 1 is 0.893 bits per heavy atom. The number of pyridine rings is 1. The van der Waals surface area contributed by atoms with E-state index in [1.54, 1.807) is 18.2 Å². The fourth-order valence-corrected chi connectivity index (χ4v) is 2.51. The molecule has 0 atom stereocenters. The molecule has 3 aromatic rings. The first-order valence-electron chi connectivity index (χ1n) is 7.83. The van der Waals surface area contributed by atoms with E-state index in [0.29, 0.717) is 23.4 Å². The molecule has 0 aliphatic heterocycles. The minimum atomic E-state index is -4.67. The van der Waals surface area contributed by atoms with Crippen LogP contribution in [0, 0.1) is 0 Å². The molecule has 0 unspecified atom stereocenters. The summed E-state index contributed by atoms with van der Waals surface area (Å²) in [4.78, 5) is 4.16. The van der Waals surface area contributed by atoms with Crippen molar-refractivity contribution in [3.8, 4) is 23.1 Å². The van der Waals surface area contributed by atoms with Crippen LogP contribution in [0.4, 0.5) is 0 Å². The standard InChI is InChI=1S/C18H17NO4.H2O4S/c1-22-16-9-12(4-6-15(16)20)7-11-3-5-13-10-17(23-2)18(21)19-14(13)8-11;1-5(2,3)4/h3-6,8-10,20H,7H2,1-2H3,(H,19,21);(H2,1,2,3,4). The molecule has 2 aromatic carbocycles. The molecule has 0 spiro atoms. The summed E-state index contributed by atoms with van der Waals surface area (Å²) in [6, 6.07) is 12.9. The Bertz CT molecular complexity index is 1070. The lowest BCUT2D eigenvalue weighted by atomic mass is 10.0. The minimum absolute atomic E-state index is 0.119. The van der Waals surface area contributed by atoms with Crippen LogP contribution in [0.1, 0.15) is 11.1 Å². The van der Waals surface area contributed by atoms with Crippen molar-refractivity contribution in [3.05, 3.63) is 53.6 Å². The van der Waals surface area contributed by atoms with Crippen molar-refractivity contribution in [2.45, 2.75) is 6.42 Å². The number of hydrogen-bond donors (Lipinski definition) is 4. The van der Waals surface area contributed by atoms with Crippen LogP contribution < -0.4 is 9.47 Å². The highest BCUT2D eigenvalue weighted by Gasteiger charge is 2.08. The number of aromatic nitrogens is 1. The van der Waals surface area contributed by atoms with Crippen LogP contribution >= 0.6 is 0 Å². The van der Waals surface area contributed by atoms with Gasteiger partial charge in [0.1, 0.15) is 0 Å². The molecule has 0 fully saturated rings. The highest BCUT2D eigenvalue weighted by molar-refractivity contribution is 7.79. The first-order valence-corrected chi connectivity index (χ1v) is 9.23. The van der Waals surface area contributed by atoms with Crippen molar-refractivity contribution < 1.29 is 37.2 Å². The number of rotatable bonds is 4. The number of methoxy groups -OCH3 is 2. The number of phenols is 1. The zero-order chi connectivity index (χ0) is 20.9. The maximum Gasteiger partial charge on any atom is 0.394 e. The number of benzene rings is 2. The number of hydrogen-bond acceptors (Lipinski definition) is 7. The minimum Gasteiger partial charge on any atom is -0.504 e. The quantitative estimate of drug-likeness (QED) is 0.477. The summed E-state index contributed by atoms with van der Waals surface area (Å²) in [6.45, 7) is 0. The van der Waals surface area contributed by atoms with Crippen molar-refractivity contribution in [1.82, 2.24) is 4.98 Å². The molecule has 1 aromatic heterocycles. The topological polar surface area (TPSA) is 146 Å². The summed E-state index contributed by atoms with van der Waals surface area (Å²) < 4.78 is 41.8. The fraction of sp³-hybridized carbons (Fsp3) is 0.167. The van der Waals surface area contributed by atoms with E-state index in [1.165, 1.54) is 14.2 Å². The Kier molecular flexibility index (Phi) is 6.62. The molecule has 0 amide bonds. The molecule has 0 aliphatic rings. The van der Waals surface area contributed by atoms with Gasteiger partial charge < -0.3 is 19.7 Å². The summed E-state index contributed by atoms with van der Waals surface area (Å²) in [5.74, 6) is 0.800. The van der Waals surface area contributed by atoms with Gasteiger partial charge in [-0.1, -0.05) is 18.2 Å². The van der Waals surface area contributed by atoms with E-state index < -0.39 is 10.4 Å². The molecule has 9 nitrogen and oxygen atoms in total. The van der Waals surface area contributed by atoms with E-state index in [1.807, 2.05) is 24.3 Å². The van der Waals surface area contributed by atoms with Crippen molar-refractivity contribution in [3.63, 3.8) is 0 Å². The van der Waals surface area contributed by atoms with Gasteiger partial charge >= 0.3 is 10.4 Å². The molecule has 150 valence electrons. The molecule has 3 rings (SSSR count). The van der Waals surface area contributed by atoms with Crippen molar-refractivity contribution in [1.29, 1.82) is 0 Å². The lowest BCUT2D eigenvalue weighted by Crippen LogP contribution is -1.92. The number of phenolic OH excluding ortho intramolecular Hbond substituents is 1. The van der Waals surface area contributed by atoms with Gasteiger partial charge in [0.2, 0.25) is 0 Å². The van der Waals surface area contributed by atoms with Crippen molar-refractivity contribution in [2.24, 2.45) is 0 Å². The molecule has 0 saturated heterocycles. The molecule has 0 radical (unpaired) electrons. The second kappa shape index (κ2) is 8.74. The third-order valence-corrected chi connectivity index (χ3v) is 3.70. The molecule has 4 N–H and O–H groups in total. The summed E-state index contributed by atoms with van der Waals surface area (Å²) in [7, 11) is -1.65. The lowest BCUT2D eigenvalue weighted by molar-refractivity contribution is 0.365. The first kappa shape index (κ1) is 21.2. The van der Waals surface area contributed by atoms with Crippen LogP contribution in [-0.2, 0) is 16.8 Å². The number of aromatic hydroxyl groups is 2.